The number of hydrogen-bond donors (Lipinski definition) is 2. The molecule has 2 N–H and O–H groups in total. The van der Waals surface area contributed by atoms with Gasteiger partial charge in [-0.05, 0) is 48.4 Å². The van der Waals surface area contributed by atoms with E-state index in [1.54, 1.807) is 36.4 Å². The number of amides is 2. The van der Waals surface area contributed by atoms with E-state index in [-0.39, 0.29) is 37.1 Å². The highest BCUT2D eigenvalue weighted by molar-refractivity contribution is 7.15. The molecule has 2 amide bonds. The molecular weight excluding hydrogens is 536 g/mol. The molecule has 12 nitrogen and oxygen atoms in total. The first-order valence-corrected chi connectivity index (χ1v) is 12.8. The summed E-state index contributed by atoms with van der Waals surface area (Å²) in [5.74, 6) is 0.400. The predicted octanol–water partition coefficient (Wildman–Crippen LogP) is 4.16. The molecule has 0 aliphatic heterocycles. The van der Waals surface area contributed by atoms with Crippen molar-refractivity contribution in [1.82, 2.24) is 15.6 Å². The summed E-state index contributed by atoms with van der Waals surface area (Å²) in [6.45, 7) is 2.34. The van der Waals surface area contributed by atoms with Crippen LogP contribution in [0.2, 0.25) is 0 Å². The van der Waals surface area contributed by atoms with Crippen LogP contribution in [0, 0.1) is 17.0 Å². The number of anilines is 1. The van der Waals surface area contributed by atoms with Crippen molar-refractivity contribution in [3.8, 4) is 11.5 Å². The van der Waals surface area contributed by atoms with E-state index in [4.69, 9.17) is 9.47 Å². The molecule has 40 heavy (non-hydrogen) atoms. The van der Waals surface area contributed by atoms with Gasteiger partial charge in [0.05, 0.1) is 17.6 Å². The van der Waals surface area contributed by atoms with Gasteiger partial charge in [0.1, 0.15) is 29.7 Å². The van der Waals surface area contributed by atoms with Crippen LogP contribution in [0.25, 0.3) is 0 Å². The van der Waals surface area contributed by atoms with Crippen molar-refractivity contribution in [1.29, 1.82) is 0 Å². The average molecular weight is 561 g/mol. The zero-order chi connectivity index (χ0) is 28.3. The highest BCUT2D eigenvalue weighted by Crippen LogP contribution is 2.19. The minimum absolute atomic E-state index is 0.00724. The Bertz CT molecular complexity index is 1520. The van der Waals surface area contributed by atoms with Crippen molar-refractivity contribution >= 4 is 40.2 Å². The molecule has 0 atom stereocenters. The van der Waals surface area contributed by atoms with E-state index in [0.717, 1.165) is 16.9 Å². The SMILES string of the molecule is Cc1ccccc1C(=O)Nc1nnc(CC(=O)N/N=C\c2cccc(OCCOc3ccc([N+](=O)[O-])cc3)c2)s1. The van der Waals surface area contributed by atoms with Crippen LogP contribution in [-0.2, 0) is 11.2 Å². The van der Waals surface area contributed by atoms with Crippen LogP contribution in [0.5, 0.6) is 11.5 Å². The topological polar surface area (TPSA) is 158 Å². The Balaban J connectivity index is 1.19. The second-order valence-corrected chi connectivity index (χ2v) is 9.32. The molecule has 1 aromatic heterocycles. The molecule has 3 aromatic carbocycles. The van der Waals surface area contributed by atoms with Gasteiger partial charge in [-0.15, -0.1) is 10.2 Å². The monoisotopic (exact) mass is 560 g/mol. The largest absolute Gasteiger partial charge is 0.490 e. The van der Waals surface area contributed by atoms with Gasteiger partial charge in [-0.25, -0.2) is 5.43 Å². The fourth-order valence-corrected chi connectivity index (χ4v) is 4.12. The third kappa shape index (κ3) is 8.16. The summed E-state index contributed by atoms with van der Waals surface area (Å²) in [7, 11) is 0. The van der Waals surface area contributed by atoms with E-state index in [1.165, 1.54) is 30.5 Å². The van der Waals surface area contributed by atoms with Crippen LogP contribution in [-0.4, -0.2) is 46.4 Å². The molecule has 0 aliphatic carbocycles. The van der Waals surface area contributed by atoms with Gasteiger partial charge >= 0.3 is 0 Å². The minimum atomic E-state index is -0.473. The summed E-state index contributed by atoms with van der Waals surface area (Å²) in [5.41, 5.74) is 4.51. The second-order valence-electron chi connectivity index (χ2n) is 8.26. The number of hydrogen-bond acceptors (Lipinski definition) is 10. The smallest absolute Gasteiger partial charge is 0.269 e. The molecule has 0 saturated carbocycles. The van der Waals surface area contributed by atoms with Crippen LogP contribution in [0.1, 0.15) is 26.5 Å². The molecule has 13 heteroatoms. The highest BCUT2D eigenvalue weighted by Gasteiger charge is 2.13. The Morgan fingerprint density at radius 3 is 2.50 bits per heavy atom. The first-order valence-electron chi connectivity index (χ1n) is 12.0. The lowest BCUT2D eigenvalue weighted by molar-refractivity contribution is -0.384. The number of aryl methyl sites for hydroxylation is 1. The zero-order valence-electron chi connectivity index (χ0n) is 21.3. The van der Waals surface area contributed by atoms with Crippen LogP contribution in [0.15, 0.2) is 77.9 Å². The van der Waals surface area contributed by atoms with Crippen molar-refractivity contribution < 1.29 is 24.0 Å². The van der Waals surface area contributed by atoms with Crippen LogP contribution in [0.3, 0.4) is 0 Å². The van der Waals surface area contributed by atoms with E-state index in [0.29, 0.717) is 32.8 Å². The van der Waals surface area contributed by atoms with Gasteiger partial charge in [-0.3, -0.25) is 25.0 Å². The van der Waals surface area contributed by atoms with Crippen molar-refractivity contribution in [3.05, 3.63) is 105 Å². The molecule has 0 spiro atoms. The van der Waals surface area contributed by atoms with E-state index in [2.05, 4.69) is 26.0 Å². The fourth-order valence-electron chi connectivity index (χ4n) is 3.39. The van der Waals surface area contributed by atoms with Crippen molar-refractivity contribution in [2.45, 2.75) is 13.3 Å². The lowest BCUT2D eigenvalue weighted by atomic mass is 10.1. The Morgan fingerprint density at radius 1 is 1.00 bits per heavy atom. The van der Waals surface area contributed by atoms with Crippen LogP contribution >= 0.6 is 11.3 Å². The molecule has 0 fully saturated rings. The van der Waals surface area contributed by atoms with Crippen molar-refractivity contribution in [3.63, 3.8) is 0 Å². The number of non-ortho nitro benzene ring substituents is 1. The minimum Gasteiger partial charge on any atom is -0.490 e. The number of nitro benzene ring substituents is 1. The van der Waals surface area contributed by atoms with E-state index < -0.39 is 4.92 Å². The Labute approximate surface area is 232 Å². The first-order chi connectivity index (χ1) is 19.4. The van der Waals surface area contributed by atoms with Crippen molar-refractivity contribution in [2.75, 3.05) is 18.5 Å². The Hall–Kier alpha value is -5.17. The third-order valence-corrected chi connectivity index (χ3v) is 6.16. The summed E-state index contributed by atoms with van der Waals surface area (Å²) in [6.07, 6.45) is 1.43. The normalized spacial score (nSPS) is 10.7. The quantitative estimate of drug-likeness (QED) is 0.113. The number of benzene rings is 3. The van der Waals surface area contributed by atoms with Gasteiger partial charge in [0, 0.05) is 17.7 Å². The number of ether oxygens (including phenoxy) is 2. The van der Waals surface area contributed by atoms with Crippen molar-refractivity contribution in [2.24, 2.45) is 5.10 Å². The lowest BCUT2D eigenvalue weighted by Crippen LogP contribution is -2.19. The molecule has 4 rings (SSSR count). The van der Waals surface area contributed by atoms with Gasteiger partial charge < -0.3 is 9.47 Å². The third-order valence-electron chi connectivity index (χ3n) is 5.32. The van der Waals surface area contributed by atoms with Gasteiger partial charge in [0.15, 0.2) is 0 Å². The van der Waals surface area contributed by atoms with Gasteiger partial charge in [0.2, 0.25) is 11.0 Å². The summed E-state index contributed by atoms with van der Waals surface area (Å²) in [5, 5.41) is 26.0. The van der Waals surface area contributed by atoms with E-state index in [1.807, 2.05) is 19.1 Å². The van der Waals surface area contributed by atoms with Gasteiger partial charge in [-0.2, -0.15) is 5.10 Å². The summed E-state index contributed by atoms with van der Waals surface area (Å²) >= 11 is 1.11. The predicted molar refractivity (Wildman–Crippen MR) is 149 cm³/mol. The molecule has 0 bridgehead atoms. The van der Waals surface area contributed by atoms with Gasteiger partial charge in [-0.1, -0.05) is 41.7 Å². The van der Waals surface area contributed by atoms with Crippen LogP contribution in [0.4, 0.5) is 10.8 Å². The molecule has 0 aliphatic rings. The van der Waals surface area contributed by atoms with Crippen LogP contribution < -0.4 is 20.2 Å². The molecular formula is C27H24N6O6S. The maximum atomic E-state index is 12.4. The van der Waals surface area contributed by atoms with Gasteiger partial charge in [0.25, 0.3) is 11.6 Å². The summed E-state index contributed by atoms with van der Waals surface area (Å²) in [4.78, 5) is 34.9. The number of carbonyl (C=O) groups excluding carboxylic acids is 2. The Morgan fingerprint density at radius 2 is 1.75 bits per heavy atom. The molecule has 0 unspecified atom stereocenters. The number of carbonyl (C=O) groups is 2. The number of nitrogens with zero attached hydrogens (tertiary/aromatic N) is 4. The summed E-state index contributed by atoms with van der Waals surface area (Å²) in [6, 6.07) is 20.1. The second kappa shape index (κ2) is 13.6. The van der Waals surface area contributed by atoms with E-state index in [9.17, 15) is 19.7 Å². The Kier molecular flexibility index (Phi) is 9.45. The standard InChI is InChI=1S/C27H24N6O6S/c1-18-5-2-3-8-23(18)26(35)29-27-32-31-25(40-27)16-24(34)30-28-17-19-6-4-7-22(15-19)39-14-13-38-21-11-9-20(10-12-21)33(36)37/h2-12,15,17H,13-14,16H2,1H3,(H,30,34)(H,29,32,35)/b28-17-. The average Bonchev–Trinajstić information content (AvgIpc) is 3.38. The molecule has 4 aromatic rings. The molecule has 0 radical (unpaired) electrons. The molecule has 0 saturated heterocycles. The van der Waals surface area contributed by atoms with E-state index >= 15 is 0 Å². The fraction of sp³-hybridized carbons (Fsp3) is 0.148. The maximum absolute atomic E-state index is 12.4. The molecule has 1 heterocycles. The first kappa shape index (κ1) is 27.9. The maximum Gasteiger partial charge on any atom is 0.269 e. The highest BCUT2D eigenvalue weighted by atomic mass is 32.1. The lowest BCUT2D eigenvalue weighted by Gasteiger charge is -2.08. The number of aromatic nitrogens is 2. The number of nitro groups is 1. The number of nitrogens with one attached hydrogen (secondary N) is 2. The molecule has 204 valence electrons. The number of rotatable bonds is 12. The summed E-state index contributed by atoms with van der Waals surface area (Å²) < 4.78 is 11.2. The zero-order valence-corrected chi connectivity index (χ0v) is 22.1. The number of hydrazone groups is 1.